The second-order valence-electron chi connectivity index (χ2n) is 6.95. The number of methoxy groups -OCH3 is 2. The summed E-state index contributed by atoms with van der Waals surface area (Å²) in [6, 6.07) is 21.0. The minimum absolute atomic E-state index is 0.0556. The molecule has 0 atom stereocenters. The molecule has 4 aromatic carbocycles. The van der Waals surface area contributed by atoms with E-state index in [1.54, 1.807) is 48.5 Å². The Labute approximate surface area is 215 Å². The zero-order valence-electron chi connectivity index (χ0n) is 19.3. The Kier molecular flexibility index (Phi) is 11.5. The normalized spacial score (nSPS) is 9.81. The smallest absolute Gasteiger partial charge is 0.492 e. The molecule has 0 heterocycles. The number of para-hydroxylation sites is 2. The lowest BCUT2D eigenvalue weighted by Crippen LogP contribution is -2.30. The molecule has 188 valence electrons. The van der Waals surface area contributed by atoms with Crippen LogP contribution in [0.2, 0.25) is 0 Å². The van der Waals surface area contributed by atoms with Crippen molar-refractivity contribution in [2.75, 3.05) is 14.2 Å². The van der Waals surface area contributed by atoms with Crippen LogP contribution in [0, 0.1) is 23.3 Å². The van der Waals surface area contributed by atoms with Crippen LogP contribution in [0.4, 0.5) is 17.6 Å². The molecule has 0 fully saturated rings. The maximum Gasteiger partial charge on any atom is 0.492 e. The zero-order valence-corrected chi connectivity index (χ0v) is 20.8. The molecule has 4 rings (SSSR count). The molecule has 0 bridgehead atoms. The molecule has 0 radical (unpaired) electrons. The molecule has 0 aromatic heterocycles. The van der Waals surface area contributed by atoms with E-state index in [0.717, 1.165) is 0 Å². The molecule has 2 N–H and O–H groups in total. The summed E-state index contributed by atoms with van der Waals surface area (Å²) >= 11 is 2.73. The Hall–Kier alpha value is -3.34. The fourth-order valence-electron chi connectivity index (χ4n) is 2.96. The van der Waals surface area contributed by atoms with Crippen LogP contribution in [0.15, 0.2) is 89.4 Å². The van der Waals surface area contributed by atoms with Gasteiger partial charge in [0.1, 0.15) is 34.8 Å². The third-order valence-corrected chi connectivity index (χ3v) is 5.42. The van der Waals surface area contributed by atoms with E-state index in [4.69, 9.17) is 19.5 Å². The highest BCUT2D eigenvalue weighted by Gasteiger charge is 2.15. The van der Waals surface area contributed by atoms with Crippen molar-refractivity contribution in [1.29, 1.82) is 0 Å². The first-order chi connectivity index (χ1) is 17.2. The zero-order chi connectivity index (χ0) is 26.7. The van der Waals surface area contributed by atoms with Gasteiger partial charge in [-0.2, -0.15) is 0 Å². The first kappa shape index (κ1) is 28.9. The minimum atomic E-state index is -1.47. The van der Waals surface area contributed by atoms with Gasteiger partial charge < -0.3 is 19.5 Å². The average Bonchev–Trinajstić information content (AvgIpc) is 2.88. The number of rotatable bonds is 4. The fraction of sp³-hybridized carbons (Fsp3) is 0.0769. The van der Waals surface area contributed by atoms with Crippen molar-refractivity contribution >= 4 is 28.5 Å². The van der Waals surface area contributed by atoms with Crippen LogP contribution >= 0.6 is 15.9 Å². The van der Waals surface area contributed by atoms with Gasteiger partial charge in [0.15, 0.2) is 0 Å². The van der Waals surface area contributed by atoms with Crippen LogP contribution < -0.4 is 14.9 Å². The van der Waals surface area contributed by atoms with E-state index in [1.807, 2.05) is 0 Å². The van der Waals surface area contributed by atoms with Crippen LogP contribution in [0.5, 0.6) is 11.5 Å². The second kappa shape index (κ2) is 14.3. The number of halogens is 5. The molecular weight excluding hydrogens is 543 g/mol. The van der Waals surface area contributed by atoms with Gasteiger partial charge in [-0.15, -0.1) is 0 Å². The van der Waals surface area contributed by atoms with E-state index < -0.39 is 30.4 Å². The summed E-state index contributed by atoms with van der Waals surface area (Å²) in [5, 5.41) is 17.6. The Balaban J connectivity index is 0.000000200. The summed E-state index contributed by atoms with van der Waals surface area (Å²) in [7, 11) is 1.49. The summed E-state index contributed by atoms with van der Waals surface area (Å²) < 4.78 is 61.6. The molecule has 4 nitrogen and oxygen atoms in total. The highest BCUT2D eigenvalue weighted by Crippen LogP contribution is 2.33. The topological polar surface area (TPSA) is 58.9 Å². The van der Waals surface area contributed by atoms with Gasteiger partial charge >= 0.3 is 7.12 Å². The molecule has 0 aliphatic heterocycles. The quantitative estimate of drug-likeness (QED) is 0.188. The van der Waals surface area contributed by atoms with Crippen molar-refractivity contribution in [3.8, 4) is 22.6 Å². The number of benzene rings is 4. The Bertz CT molecular complexity index is 1230. The summed E-state index contributed by atoms with van der Waals surface area (Å²) in [5.74, 6) is -1.40. The lowest BCUT2D eigenvalue weighted by Gasteiger charge is -2.09. The van der Waals surface area contributed by atoms with Crippen LogP contribution in [0.1, 0.15) is 0 Å². The number of ether oxygens (including phenoxy) is 2. The van der Waals surface area contributed by atoms with E-state index >= 15 is 0 Å². The predicted octanol–water partition coefficient (Wildman–Crippen LogP) is 5.74. The van der Waals surface area contributed by atoms with Crippen LogP contribution in [0.3, 0.4) is 0 Å². The molecule has 0 unspecified atom stereocenters. The first-order valence-corrected chi connectivity index (χ1v) is 11.2. The number of hydrogen-bond donors (Lipinski definition) is 2. The summed E-state index contributed by atoms with van der Waals surface area (Å²) in [4.78, 5) is 0. The van der Waals surface area contributed by atoms with Crippen LogP contribution in [-0.2, 0) is 0 Å². The molecule has 10 heteroatoms. The highest BCUT2D eigenvalue weighted by molar-refractivity contribution is 9.10. The van der Waals surface area contributed by atoms with Crippen molar-refractivity contribution in [2.45, 2.75) is 0 Å². The standard InChI is InChI=1S/C13H10F2O.C7H9BO3.C6H3BrF2/c1-16-12-8-3-2-5-9(12)13-10(14)6-4-7-11(13)15;1-11-7-5-3-2-4-6(7)8(9)10;7-6-4(8)2-1-3-5(6)9/h2-8H,1H3;2-5,9-10H,1H3;1-3H. The Morgan fingerprint density at radius 2 is 1.06 bits per heavy atom. The van der Waals surface area contributed by atoms with Gasteiger partial charge in [-0.05, 0) is 52.3 Å². The number of hydrogen-bond acceptors (Lipinski definition) is 4. The van der Waals surface area contributed by atoms with Crippen LogP contribution in [0.25, 0.3) is 11.1 Å². The lowest BCUT2D eigenvalue weighted by molar-refractivity contribution is 0.403. The van der Waals surface area contributed by atoms with Gasteiger partial charge in [0.05, 0.1) is 24.3 Å². The lowest BCUT2D eigenvalue weighted by atomic mass is 9.80. The van der Waals surface area contributed by atoms with Gasteiger partial charge in [0, 0.05) is 11.0 Å². The molecule has 0 saturated carbocycles. The second-order valence-corrected chi connectivity index (χ2v) is 7.74. The van der Waals surface area contributed by atoms with E-state index in [9.17, 15) is 17.6 Å². The summed E-state index contributed by atoms with van der Waals surface area (Å²) in [6.07, 6.45) is 0. The molecule has 0 spiro atoms. The third kappa shape index (κ3) is 7.84. The molecule has 0 saturated heterocycles. The van der Waals surface area contributed by atoms with Crippen molar-refractivity contribution in [2.24, 2.45) is 0 Å². The predicted molar refractivity (Wildman–Crippen MR) is 135 cm³/mol. The van der Waals surface area contributed by atoms with Gasteiger partial charge in [-0.1, -0.05) is 48.5 Å². The molecule has 0 amide bonds. The van der Waals surface area contributed by atoms with Gasteiger partial charge in [0.25, 0.3) is 0 Å². The van der Waals surface area contributed by atoms with Gasteiger partial charge in [0.2, 0.25) is 0 Å². The Morgan fingerprint density at radius 1 is 0.611 bits per heavy atom. The molecule has 36 heavy (non-hydrogen) atoms. The van der Waals surface area contributed by atoms with Crippen LogP contribution in [-0.4, -0.2) is 31.4 Å². The van der Waals surface area contributed by atoms with Gasteiger partial charge in [-0.25, -0.2) is 17.6 Å². The monoisotopic (exact) mass is 564 g/mol. The molecule has 4 aromatic rings. The van der Waals surface area contributed by atoms with Gasteiger partial charge in [-0.3, -0.25) is 0 Å². The van der Waals surface area contributed by atoms with E-state index in [1.165, 1.54) is 50.6 Å². The third-order valence-electron chi connectivity index (χ3n) is 4.66. The van der Waals surface area contributed by atoms with Crippen molar-refractivity contribution < 1.29 is 37.1 Å². The first-order valence-electron chi connectivity index (χ1n) is 10.4. The molecular formula is C26H22BBrF4O4. The van der Waals surface area contributed by atoms with E-state index in [2.05, 4.69) is 15.9 Å². The largest absolute Gasteiger partial charge is 0.497 e. The maximum absolute atomic E-state index is 13.6. The van der Waals surface area contributed by atoms with Crippen molar-refractivity contribution in [3.63, 3.8) is 0 Å². The SMILES string of the molecule is COc1ccccc1-c1c(F)cccc1F.COc1ccccc1B(O)O.Fc1cccc(F)c1Br. The fourth-order valence-corrected chi connectivity index (χ4v) is 3.23. The summed E-state index contributed by atoms with van der Waals surface area (Å²) in [5.41, 5.74) is 0.746. The highest BCUT2D eigenvalue weighted by atomic mass is 79.9. The van der Waals surface area contributed by atoms with E-state index in [0.29, 0.717) is 22.5 Å². The minimum Gasteiger partial charge on any atom is -0.497 e. The maximum atomic E-state index is 13.6. The van der Waals surface area contributed by atoms with Crippen molar-refractivity contribution in [3.05, 3.63) is 113 Å². The molecule has 0 aliphatic rings. The Morgan fingerprint density at radius 3 is 1.50 bits per heavy atom. The average molecular weight is 565 g/mol. The van der Waals surface area contributed by atoms with E-state index in [-0.39, 0.29) is 10.0 Å². The summed E-state index contributed by atoms with van der Waals surface area (Å²) in [6.45, 7) is 0. The van der Waals surface area contributed by atoms with Crippen molar-refractivity contribution in [1.82, 2.24) is 0 Å². The molecule has 0 aliphatic carbocycles.